The lowest BCUT2D eigenvalue weighted by Crippen LogP contribution is -2.28. The number of hydrogen-bond acceptors (Lipinski definition) is 2. The van der Waals surface area contributed by atoms with E-state index in [1.54, 1.807) is 7.11 Å². The fourth-order valence-electron chi connectivity index (χ4n) is 5.53. The summed E-state index contributed by atoms with van der Waals surface area (Å²) < 4.78 is 7.61. The van der Waals surface area contributed by atoms with Crippen LogP contribution in [-0.2, 0) is 13.6 Å². The van der Waals surface area contributed by atoms with Crippen molar-refractivity contribution in [3.63, 3.8) is 0 Å². The molecule has 1 atom stereocenters. The van der Waals surface area contributed by atoms with Crippen LogP contribution < -0.4 is 4.74 Å². The molecule has 5 aromatic rings. The van der Waals surface area contributed by atoms with E-state index in [9.17, 15) is 4.79 Å². The molecule has 36 heavy (non-hydrogen) atoms. The lowest BCUT2D eigenvalue weighted by molar-refractivity contribution is 0.0737. The number of ether oxygens (including phenoxy) is 1. The SMILES string of the molecule is COc1ccc(CN2C(=O)c3ccccc3[C@@H]2c2c(-c3ccc(C)cc3)n(C)c3ccccc23)cc1. The molecular formula is C32H28N2O2. The number of aryl methyl sites for hydroxylation is 2. The van der Waals surface area contributed by atoms with Gasteiger partial charge in [-0.2, -0.15) is 0 Å². The van der Waals surface area contributed by atoms with Crippen LogP contribution in [0.1, 0.15) is 38.7 Å². The average Bonchev–Trinajstić information content (AvgIpc) is 3.36. The monoisotopic (exact) mass is 472 g/mol. The first-order valence-electron chi connectivity index (χ1n) is 12.2. The van der Waals surface area contributed by atoms with Crippen LogP contribution in [0.5, 0.6) is 5.75 Å². The largest absolute Gasteiger partial charge is 0.497 e. The van der Waals surface area contributed by atoms with Crippen molar-refractivity contribution in [3.8, 4) is 17.0 Å². The van der Waals surface area contributed by atoms with Crippen LogP contribution in [0.2, 0.25) is 0 Å². The van der Waals surface area contributed by atoms with Crippen molar-refractivity contribution in [2.45, 2.75) is 19.5 Å². The molecule has 1 amide bonds. The summed E-state index contributed by atoms with van der Waals surface area (Å²) in [4.78, 5) is 15.9. The Labute approximate surface area is 211 Å². The van der Waals surface area contributed by atoms with Crippen molar-refractivity contribution in [2.24, 2.45) is 7.05 Å². The van der Waals surface area contributed by atoms with Gasteiger partial charge >= 0.3 is 0 Å². The normalized spacial score (nSPS) is 14.9. The third-order valence-corrected chi connectivity index (χ3v) is 7.31. The average molecular weight is 473 g/mol. The van der Waals surface area contributed by atoms with E-state index in [2.05, 4.69) is 73.1 Å². The van der Waals surface area contributed by atoms with Gasteiger partial charge in [-0.3, -0.25) is 4.79 Å². The first kappa shape index (κ1) is 22.2. The second kappa shape index (κ2) is 8.72. The van der Waals surface area contributed by atoms with Gasteiger partial charge in [-0.15, -0.1) is 0 Å². The van der Waals surface area contributed by atoms with Gasteiger partial charge in [0.15, 0.2) is 0 Å². The Balaban J connectivity index is 1.59. The summed E-state index contributed by atoms with van der Waals surface area (Å²) in [7, 11) is 3.79. The molecule has 4 heteroatoms. The third kappa shape index (κ3) is 3.49. The van der Waals surface area contributed by atoms with Crippen molar-refractivity contribution in [1.29, 1.82) is 0 Å². The third-order valence-electron chi connectivity index (χ3n) is 7.31. The standard InChI is InChI=1S/C32H28N2O2/c1-21-12-16-23(17-13-21)30-29(27-10-6-7-11-28(27)33(30)2)31-25-8-4-5-9-26(25)32(35)34(31)20-22-14-18-24(36-3)19-15-22/h4-19,31H,20H2,1-3H3/t31-/m1/s1. The van der Waals surface area contributed by atoms with Gasteiger partial charge in [0.25, 0.3) is 5.91 Å². The summed E-state index contributed by atoms with van der Waals surface area (Å²) >= 11 is 0. The van der Waals surface area contributed by atoms with Crippen molar-refractivity contribution in [1.82, 2.24) is 9.47 Å². The summed E-state index contributed by atoms with van der Waals surface area (Å²) in [5.41, 5.74) is 8.74. The number of fused-ring (bicyclic) bond motifs is 2. The maximum Gasteiger partial charge on any atom is 0.255 e. The van der Waals surface area contributed by atoms with Crippen LogP contribution in [0.25, 0.3) is 22.2 Å². The highest BCUT2D eigenvalue weighted by Crippen LogP contribution is 2.47. The van der Waals surface area contributed by atoms with Gasteiger partial charge in [-0.05, 0) is 47.9 Å². The molecule has 0 aliphatic carbocycles. The molecule has 6 rings (SSSR count). The van der Waals surface area contributed by atoms with E-state index >= 15 is 0 Å². The van der Waals surface area contributed by atoms with Crippen molar-refractivity contribution in [3.05, 3.63) is 125 Å². The van der Waals surface area contributed by atoms with Crippen molar-refractivity contribution in [2.75, 3.05) is 7.11 Å². The number of carbonyl (C=O) groups excluding carboxylic acids is 1. The molecule has 1 aromatic heterocycles. The van der Waals surface area contributed by atoms with Crippen LogP contribution in [0.3, 0.4) is 0 Å². The van der Waals surface area contributed by atoms with E-state index < -0.39 is 0 Å². The Morgan fingerprint density at radius 3 is 2.28 bits per heavy atom. The summed E-state index contributed by atoms with van der Waals surface area (Å²) in [5, 5.41) is 1.17. The molecule has 0 spiro atoms. The van der Waals surface area contributed by atoms with Crippen LogP contribution >= 0.6 is 0 Å². The minimum atomic E-state index is -0.196. The zero-order valence-corrected chi connectivity index (χ0v) is 20.7. The first-order valence-corrected chi connectivity index (χ1v) is 12.2. The first-order chi connectivity index (χ1) is 17.6. The van der Waals surface area contributed by atoms with Gasteiger partial charge in [0.05, 0.1) is 18.8 Å². The quantitative estimate of drug-likeness (QED) is 0.279. The van der Waals surface area contributed by atoms with Crippen LogP contribution in [0, 0.1) is 6.92 Å². The lowest BCUT2D eigenvalue weighted by Gasteiger charge is -2.27. The minimum Gasteiger partial charge on any atom is -0.497 e. The second-order valence-corrected chi connectivity index (χ2v) is 9.48. The second-order valence-electron chi connectivity index (χ2n) is 9.48. The Bertz CT molecular complexity index is 1580. The van der Waals surface area contributed by atoms with E-state index in [1.165, 1.54) is 16.5 Å². The Morgan fingerprint density at radius 2 is 1.53 bits per heavy atom. The molecule has 0 fully saturated rings. The van der Waals surface area contributed by atoms with E-state index in [4.69, 9.17) is 4.74 Å². The molecule has 0 saturated carbocycles. The Hall–Kier alpha value is -4.31. The van der Waals surface area contributed by atoms with E-state index in [0.29, 0.717) is 6.54 Å². The highest BCUT2D eigenvalue weighted by molar-refractivity contribution is 6.02. The summed E-state index contributed by atoms with van der Waals surface area (Å²) in [6, 6.07) is 33.0. The molecular weight excluding hydrogens is 444 g/mol. The number of benzene rings is 4. The van der Waals surface area contributed by atoms with Gasteiger partial charge in [-0.25, -0.2) is 0 Å². The van der Waals surface area contributed by atoms with E-state index in [-0.39, 0.29) is 11.9 Å². The Morgan fingerprint density at radius 1 is 0.833 bits per heavy atom. The van der Waals surface area contributed by atoms with Gasteiger partial charge in [0.1, 0.15) is 5.75 Å². The molecule has 4 aromatic carbocycles. The number of rotatable bonds is 5. The van der Waals surface area contributed by atoms with E-state index in [1.807, 2.05) is 47.4 Å². The molecule has 2 heterocycles. The zero-order valence-electron chi connectivity index (χ0n) is 20.7. The molecule has 0 saturated heterocycles. The maximum absolute atomic E-state index is 13.8. The highest BCUT2D eigenvalue weighted by atomic mass is 16.5. The number of para-hydroxylation sites is 1. The van der Waals surface area contributed by atoms with Crippen molar-refractivity contribution >= 4 is 16.8 Å². The summed E-state index contributed by atoms with van der Waals surface area (Å²) in [5.74, 6) is 0.872. The summed E-state index contributed by atoms with van der Waals surface area (Å²) in [6.45, 7) is 2.62. The van der Waals surface area contributed by atoms with Gasteiger partial charge < -0.3 is 14.2 Å². The predicted molar refractivity (Wildman–Crippen MR) is 144 cm³/mol. The molecule has 1 aliphatic rings. The summed E-state index contributed by atoms with van der Waals surface area (Å²) in [6.07, 6.45) is 0. The Kier molecular flexibility index (Phi) is 5.37. The smallest absolute Gasteiger partial charge is 0.255 e. The number of carbonyl (C=O) groups is 1. The fraction of sp³-hybridized carbons (Fsp3) is 0.156. The lowest BCUT2D eigenvalue weighted by atomic mass is 9.92. The predicted octanol–water partition coefficient (Wildman–Crippen LogP) is 6.91. The van der Waals surface area contributed by atoms with Gasteiger partial charge in [-0.1, -0.05) is 78.4 Å². The molecule has 0 N–H and O–H groups in total. The number of aromatic nitrogens is 1. The maximum atomic E-state index is 13.8. The van der Waals surface area contributed by atoms with Crippen LogP contribution in [0.4, 0.5) is 0 Å². The van der Waals surface area contributed by atoms with Crippen LogP contribution in [-0.4, -0.2) is 22.5 Å². The molecule has 0 unspecified atom stereocenters. The topological polar surface area (TPSA) is 34.5 Å². The van der Waals surface area contributed by atoms with Crippen LogP contribution in [0.15, 0.2) is 97.1 Å². The van der Waals surface area contributed by atoms with E-state index in [0.717, 1.165) is 39.2 Å². The minimum absolute atomic E-state index is 0.0641. The fourth-order valence-corrected chi connectivity index (χ4v) is 5.53. The molecule has 4 nitrogen and oxygen atoms in total. The zero-order chi connectivity index (χ0) is 24.8. The molecule has 0 bridgehead atoms. The van der Waals surface area contributed by atoms with Gasteiger partial charge in [0, 0.05) is 35.6 Å². The van der Waals surface area contributed by atoms with Crippen molar-refractivity contribution < 1.29 is 9.53 Å². The number of amides is 1. The highest BCUT2D eigenvalue weighted by Gasteiger charge is 2.40. The van der Waals surface area contributed by atoms with Gasteiger partial charge in [0.2, 0.25) is 0 Å². The number of methoxy groups -OCH3 is 1. The number of nitrogens with zero attached hydrogens (tertiary/aromatic N) is 2. The molecule has 0 radical (unpaired) electrons. The molecule has 178 valence electrons. The number of hydrogen-bond donors (Lipinski definition) is 0. The molecule has 1 aliphatic heterocycles.